The molecule has 2 aromatic rings. The minimum Gasteiger partial charge on any atom is -0.467 e. The number of aliphatic hydroxyl groups is 1. The normalized spacial score (nSPS) is 12.3. The zero-order valence-electron chi connectivity index (χ0n) is 14.7. The van der Waals surface area contributed by atoms with E-state index in [4.69, 9.17) is 4.74 Å². The molecule has 0 aliphatic rings. The summed E-state index contributed by atoms with van der Waals surface area (Å²) in [7, 11) is -2.59. The Morgan fingerprint density at radius 3 is 2.04 bits per heavy atom. The van der Waals surface area contributed by atoms with Gasteiger partial charge in [0.1, 0.15) is 11.5 Å². The van der Waals surface area contributed by atoms with Gasteiger partial charge in [-0.1, -0.05) is 17.7 Å². The van der Waals surface area contributed by atoms with E-state index in [1.807, 2.05) is 31.2 Å². The molecule has 1 atom stereocenters. The molecule has 0 amide bonds. The molecule has 0 fully saturated rings. The van der Waals surface area contributed by atoms with Gasteiger partial charge in [-0.2, -0.15) is 0 Å². The highest BCUT2D eigenvalue weighted by Gasteiger charge is 2.25. The number of methoxy groups -OCH3 is 1. The van der Waals surface area contributed by atoms with Crippen molar-refractivity contribution in [1.82, 2.24) is 0 Å². The van der Waals surface area contributed by atoms with E-state index in [2.05, 4.69) is 4.74 Å². The van der Waals surface area contributed by atoms with Crippen LogP contribution in [0.5, 0.6) is 11.5 Å². The Bertz CT molecular complexity index is 846. The van der Waals surface area contributed by atoms with Crippen LogP contribution < -0.4 is 9.04 Å². The second-order valence-corrected chi connectivity index (χ2v) is 7.65. The quantitative estimate of drug-likeness (QED) is 0.741. The molecule has 2 rings (SSSR count). The van der Waals surface area contributed by atoms with E-state index in [1.54, 1.807) is 12.1 Å². The molecule has 2 aromatic carbocycles. The molecule has 0 saturated heterocycles. The number of aryl methyl sites for hydroxylation is 1. The van der Waals surface area contributed by atoms with Crippen molar-refractivity contribution in [1.29, 1.82) is 0 Å². The van der Waals surface area contributed by atoms with E-state index in [1.165, 1.54) is 12.1 Å². The summed E-state index contributed by atoms with van der Waals surface area (Å²) in [6.07, 6.45) is -0.591. The molecule has 140 valence electrons. The van der Waals surface area contributed by atoms with Gasteiger partial charge in [0.15, 0.2) is 6.10 Å². The number of benzene rings is 2. The number of ether oxygens (including phenoxy) is 2. The summed E-state index contributed by atoms with van der Waals surface area (Å²) >= 11 is 0. The number of hydrogen-bond donors (Lipinski definition) is 1. The third kappa shape index (κ3) is 5.21. The summed E-state index contributed by atoms with van der Waals surface area (Å²) in [5, 5.41) is 9.78. The Hall–Kier alpha value is -2.58. The number of rotatable bonds is 7. The molecule has 0 aliphatic carbocycles. The zero-order valence-corrected chi connectivity index (χ0v) is 15.6. The van der Waals surface area contributed by atoms with E-state index in [0.717, 1.165) is 23.2 Å². The monoisotopic (exact) mass is 379 g/mol. The van der Waals surface area contributed by atoms with Crippen LogP contribution in [0.3, 0.4) is 0 Å². The van der Waals surface area contributed by atoms with Crippen molar-refractivity contribution < 1.29 is 27.8 Å². The van der Waals surface area contributed by atoms with Crippen molar-refractivity contribution in [2.75, 3.05) is 24.2 Å². The second-order valence-electron chi connectivity index (χ2n) is 5.74. The van der Waals surface area contributed by atoms with E-state index in [0.29, 0.717) is 17.2 Å². The van der Waals surface area contributed by atoms with Gasteiger partial charge in [-0.15, -0.1) is 0 Å². The summed E-state index contributed by atoms with van der Waals surface area (Å²) in [5.74, 6) is 0.280. The average Bonchev–Trinajstić information content (AvgIpc) is 2.60. The van der Waals surface area contributed by atoms with Crippen molar-refractivity contribution >= 4 is 21.7 Å². The van der Waals surface area contributed by atoms with E-state index < -0.39 is 28.6 Å². The smallest absolute Gasteiger partial charge is 0.336 e. The van der Waals surface area contributed by atoms with Crippen molar-refractivity contribution in [3.05, 3.63) is 54.1 Å². The lowest BCUT2D eigenvalue weighted by atomic mass is 10.2. The van der Waals surface area contributed by atoms with Gasteiger partial charge >= 0.3 is 5.97 Å². The molecule has 1 N–H and O–H groups in total. The highest BCUT2D eigenvalue weighted by Crippen LogP contribution is 2.26. The Labute approximate surface area is 152 Å². The summed E-state index contributed by atoms with van der Waals surface area (Å²) in [6, 6.07) is 13.8. The fraction of sp³-hybridized carbons (Fsp3) is 0.278. The minimum absolute atomic E-state index is 0.298. The molecule has 0 radical (unpaired) electrons. The molecule has 0 saturated carbocycles. The SMILES string of the molecule is COC(=O)[C@@H](O)CN(c1ccc(Oc2ccc(C)cc2)cc1)S(C)(=O)=O. The second kappa shape index (κ2) is 8.20. The van der Waals surface area contributed by atoms with Gasteiger partial charge < -0.3 is 14.6 Å². The Morgan fingerprint density at radius 1 is 1.08 bits per heavy atom. The number of carbonyl (C=O) groups is 1. The predicted molar refractivity (Wildman–Crippen MR) is 97.9 cm³/mol. The van der Waals surface area contributed by atoms with Gasteiger partial charge in [-0.05, 0) is 43.3 Å². The first-order valence-electron chi connectivity index (χ1n) is 7.79. The number of hydrogen-bond acceptors (Lipinski definition) is 6. The molecule has 0 bridgehead atoms. The lowest BCUT2D eigenvalue weighted by Crippen LogP contribution is -2.40. The van der Waals surface area contributed by atoms with Crippen molar-refractivity contribution in [2.24, 2.45) is 0 Å². The standard InChI is InChI=1S/C18H21NO6S/c1-13-4-8-15(9-5-13)25-16-10-6-14(7-11-16)19(26(3,22)23)12-17(20)18(21)24-2/h4-11,17,20H,12H2,1-3H3/t17-/m0/s1. The zero-order chi connectivity index (χ0) is 19.3. The maximum absolute atomic E-state index is 12.0. The Balaban J connectivity index is 2.19. The predicted octanol–water partition coefficient (Wildman–Crippen LogP) is 2.09. The molecular weight excluding hydrogens is 358 g/mol. The molecule has 0 heterocycles. The largest absolute Gasteiger partial charge is 0.467 e. The third-order valence-corrected chi connectivity index (χ3v) is 4.75. The van der Waals surface area contributed by atoms with Gasteiger partial charge in [-0.25, -0.2) is 13.2 Å². The number of anilines is 1. The molecular formula is C18H21NO6S. The highest BCUT2D eigenvalue weighted by molar-refractivity contribution is 7.92. The number of esters is 1. The van der Waals surface area contributed by atoms with Crippen LogP contribution in [-0.4, -0.2) is 45.5 Å². The molecule has 0 aliphatic heterocycles. The fourth-order valence-corrected chi connectivity index (χ4v) is 3.14. The number of carbonyl (C=O) groups excluding carboxylic acids is 1. The van der Waals surface area contributed by atoms with Crippen LogP contribution in [0.2, 0.25) is 0 Å². The Morgan fingerprint density at radius 2 is 1.58 bits per heavy atom. The van der Waals surface area contributed by atoms with Crippen LogP contribution in [-0.2, 0) is 19.6 Å². The first kappa shape index (κ1) is 19.7. The molecule has 8 heteroatoms. The van der Waals surface area contributed by atoms with Crippen molar-refractivity contribution in [2.45, 2.75) is 13.0 Å². The van der Waals surface area contributed by atoms with Crippen LogP contribution >= 0.6 is 0 Å². The molecule has 0 unspecified atom stereocenters. The third-order valence-electron chi connectivity index (χ3n) is 3.59. The van der Waals surface area contributed by atoms with E-state index in [-0.39, 0.29) is 0 Å². The first-order chi connectivity index (χ1) is 12.2. The Kier molecular flexibility index (Phi) is 6.23. The lowest BCUT2D eigenvalue weighted by Gasteiger charge is -2.24. The average molecular weight is 379 g/mol. The lowest BCUT2D eigenvalue weighted by molar-refractivity contribution is -0.149. The maximum Gasteiger partial charge on any atom is 0.336 e. The topological polar surface area (TPSA) is 93.1 Å². The van der Waals surface area contributed by atoms with Crippen LogP contribution in [0.15, 0.2) is 48.5 Å². The fourth-order valence-electron chi connectivity index (χ4n) is 2.22. The summed E-state index contributed by atoms with van der Waals surface area (Å²) in [5.41, 5.74) is 1.41. The minimum atomic E-state index is -3.71. The first-order valence-corrected chi connectivity index (χ1v) is 9.63. The van der Waals surface area contributed by atoms with Gasteiger partial charge in [0.25, 0.3) is 0 Å². The van der Waals surface area contributed by atoms with Crippen molar-refractivity contribution in [3.8, 4) is 11.5 Å². The number of aliphatic hydroxyl groups excluding tert-OH is 1. The van der Waals surface area contributed by atoms with Crippen LogP contribution in [0.1, 0.15) is 5.56 Å². The van der Waals surface area contributed by atoms with Gasteiger partial charge in [0.05, 0.1) is 25.6 Å². The van der Waals surface area contributed by atoms with Gasteiger partial charge in [-0.3, -0.25) is 4.31 Å². The number of sulfonamides is 1. The van der Waals surface area contributed by atoms with Gasteiger partial charge in [0.2, 0.25) is 10.0 Å². The van der Waals surface area contributed by atoms with Crippen LogP contribution in [0, 0.1) is 6.92 Å². The maximum atomic E-state index is 12.0. The highest BCUT2D eigenvalue weighted by atomic mass is 32.2. The van der Waals surface area contributed by atoms with E-state index in [9.17, 15) is 18.3 Å². The van der Waals surface area contributed by atoms with Gasteiger partial charge in [0, 0.05) is 0 Å². The van der Waals surface area contributed by atoms with Crippen LogP contribution in [0.25, 0.3) is 0 Å². The van der Waals surface area contributed by atoms with E-state index >= 15 is 0 Å². The molecule has 26 heavy (non-hydrogen) atoms. The van der Waals surface area contributed by atoms with Crippen molar-refractivity contribution in [3.63, 3.8) is 0 Å². The summed E-state index contributed by atoms with van der Waals surface area (Å²) < 4.78 is 35.1. The summed E-state index contributed by atoms with van der Waals surface area (Å²) in [6.45, 7) is 1.53. The molecule has 0 spiro atoms. The summed E-state index contributed by atoms with van der Waals surface area (Å²) in [4.78, 5) is 11.4. The molecule has 7 nitrogen and oxygen atoms in total. The van der Waals surface area contributed by atoms with Crippen LogP contribution in [0.4, 0.5) is 5.69 Å². The molecule has 0 aromatic heterocycles. The number of nitrogens with zero attached hydrogens (tertiary/aromatic N) is 1.